The second-order valence-corrected chi connectivity index (χ2v) is 4.95. The van der Waals surface area contributed by atoms with Crippen LogP contribution in [0.5, 0.6) is 0 Å². The van der Waals surface area contributed by atoms with E-state index >= 15 is 0 Å². The van der Waals surface area contributed by atoms with Crippen LogP contribution in [0.2, 0.25) is 0 Å². The summed E-state index contributed by atoms with van der Waals surface area (Å²) in [6.07, 6.45) is 0.197. The first-order valence-electron chi connectivity index (χ1n) is 6.77. The number of esters is 1. The van der Waals surface area contributed by atoms with E-state index in [1.807, 2.05) is 25.1 Å². The predicted molar refractivity (Wildman–Crippen MR) is 75.3 cm³/mol. The fraction of sp³-hybridized carbons (Fsp3) is 0.467. The molecule has 0 aliphatic carbocycles. The number of hydrogen-bond acceptors (Lipinski definition) is 4. The summed E-state index contributed by atoms with van der Waals surface area (Å²) in [6.45, 7) is 3.76. The summed E-state index contributed by atoms with van der Waals surface area (Å²) in [4.78, 5) is 23.3. The van der Waals surface area contributed by atoms with Crippen molar-refractivity contribution in [1.29, 1.82) is 0 Å². The molecule has 0 saturated heterocycles. The number of fused-ring (bicyclic) bond motifs is 1. The molecule has 2 N–H and O–H groups in total. The highest BCUT2D eigenvalue weighted by molar-refractivity contribution is 5.85. The molecule has 0 saturated carbocycles. The highest BCUT2D eigenvalue weighted by Crippen LogP contribution is 2.27. The van der Waals surface area contributed by atoms with Crippen LogP contribution in [0.15, 0.2) is 18.2 Å². The number of ether oxygens (including phenoxy) is 1. The van der Waals surface area contributed by atoms with E-state index in [0.717, 1.165) is 17.7 Å². The first-order chi connectivity index (χ1) is 9.63. The van der Waals surface area contributed by atoms with Gasteiger partial charge in [-0.25, -0.2) is 0 Å². The Balaban J connectivity index is 2.04. The molecule has 1 amide bonds. The standard InChI is InChI=1S/C15H20N2O3/c1-10-4-3-5-11-8-16-9-12(14(10)11)15(19)17-7-6-13(18)20-2/h3-5,12,16H,6-9H2,1-2H3,(H,17,19). The fourth-order valence-corrected chi connectivity index (χ4v) is 2.58. The summed E-state index contributed by atoms with van der Waals surface area (Å²) in [5.74, 6) is -0.558. The van der Waals surface area contributed by atoms with Crippen LogP contribution in [0.4, 0.5) is 0 Å². The summed E-state index contributed by atoms with van der Waals surface area (Å²) in [7, 11) is 1.34. The maximum atomic E-state index is 12.3. The van der Waals surface area contributed by atoms with E-state index < -0.39 is 0 Å². The quantitative estimate of drug-likeness (QED) is 0.801. The number of benzene rings is 1. The van der Waals surface area contributed by atoms with E-state index in [-0.39, 0.29) is 24.2 Å². The minimum Gasteiger partial charge on any atom is -0.469 e. The van der Waals surface area contributed by atoms with Crippen molar-refractivity contribution in [2.45, 2.75) is 25.8 Å². The number of hydrogen-bond donors (Lipinski definition) is 2. The molecule has 5 heteroatoms. The lowest BCUT2D eigenvalue weighted by Crippen LogP contribution is -2.40. The number of carbonyl (C=O) groups excluding carboxylic acids is 2. The Kier molecular flexibility index (Phi) is 4.74. The molecule has 0 bridgehead atoms. The molecule has 0 fully saturated rings. The number of carbonyl (C=O) groups is 2. The zero-order valence-electron chi connectivity index (χ0n) is 11.9. The number of aryl methyl sites for hydroxylation is 1. The highest BCUT2D eigenvalue weighted by atomic mass is 16.5. The first kappa shape index (κ1) is 14.5. The van der Waals surface area contributed by atoms with Crippen LogP contribution in [-0.2, 0) is 20.9 Å². The molecule has 1 aromatic rings. The summed E-state index contributed by atoms with van der Waals surface area (Å²) in [6, 6.07) is 6.08. The van der Waals surface area contributed by atoms with Gasteiger partial charge in [-0.05, 0) is 23.6 Å². The van der Waals surface area contributed by atoms with Gasteiger partial charge < -0.3 is 15.4 Å². The van der Waals surface area contributed by atoms with Gasteiger partial charge in [0.15, 0.2) is 0 Å². The molecule has 108 valence electrons. The summed E-state index contributed by atoms with van der Waals surface area (Å²) in [5, 5.41) is 6.06. The predicted octanol–water partition coefficient (Wildman–Crippen LogP) is 0.861. The van der Waals surface area contributed by atoms with Crippen molar-refractivity contribution in [2.75, 3.05) is 20.2 Å². The van der Waals surface area contributed by atoms with Crippen molar-refractivity contribution in [2.24, 2.45) is 0 Å². The largest absolute Gasteiger partial charge is 0.469 e. The summed E-state index contributed by atoms with van der Waals surface area (Å²) in [5.41, 5.74) is 3.42. The van der Waals surface area contributed by atoms with Gasteiger partial charge in [0.2, 0.25) is 5.91 Å². The van der Waals surface area contributed by atoms with Gasteiger partial charge >= 0.3 is 5.97 Å². The third kappa shape index (κ3) is 3.17. The topological polar surface area (TPSA) is 67.4 Å². The maximum absolute atomic E-state index is 12.3. The van der Waals surface area contributed by atoms with Gasteiger partial charge in [-0.15, -0.1) is 0 Å². The second kappa shape index (κ2) is 6.52. The third-order valence-electron chi connectivity index (χ3n) is 3.60. The van der Waals surface area contributed by atoms with E-state index in [2.05, 4.69) is 15.4 Å². The third-order valence-corrected chi connectivity index (χ3v) is 3.60. The average molecular weight is 276 g/mol. The number of methoxy groups -OCH3 is 1. The van der Waals surface area contributed by atoms with E-state index in [1.165, 1.54) is 12.7 Å². The van der Waals surface area contributed by atoms with E-state index in [1.54, 1.807) is 0 Å². The van der Waals surface area contributed by atoms with Crippen molar-refractivity contribution in [1.82, 2.24) is 10.6 Å². The average Bonchev–Trinajstić information content (AvgIpc) is 2.46. The zero-order chi connectivity index (χ0) is 14.5. The Morgan fingerprint density at radius 1 is 1.45 bits per heavy atom. The Morgan fingerprint density at radius 2 is 2.25 bits per heavy atom. The molecule has 0 radical (unpaired) electrons. The Labute approximate surface area is 118 Å². The van der Waals surface area contributed by atoms with Gasteiger partial charge in [-0.3, -0.25) is 9.59 Å². The molecule has 1 heterocycles. The van der Waals surface area contributed by atoms with Crippen molar-refractivity contribution in [3.05, 3.63) is 34.9 Å². The molecular weight excluding hydrogens is 256 g/mol. The van der Waals surface area contributed by atoms with Gasteiger partial charge in [0.1, 0.15) is 0 Å². The van der Waals surface area contributed by atoms with E-state index in [9.17, 15) is 9.59 Å². The minimum absolute atomic E-state index is 0.0448. The molecule has 1 unspecified atom stereocenters. The van der Waals surface area contributed by atoms with Crippen molar-refractivity contribution in [3.8, 4) is 0 Å². The lowest BCUT2D eigenvalue weighted by atomic mass is 9.87. The molecule has 1 aliphatic heterocycles. The van der Waals surface area contributed by atoms with Crippen LogP contribution >= 0.6 is 0 Å². The monoisotopic (exact) mass is 276 g/mol. The van der Waals surface area contributed by atoms with Crippen LogP contribution in [0, 0.1) is 6.92 Å². The van der Waals surface area contributed by atoms with Crippen LogP contribution in [0.25, 0.3) is 0 Å². The lowest BCUT2D eigenvalue weighted by Gasteiger charge is -2.27. The Morgan fingerprint density at radius 3 is 3.00 bits per heavy atom. The molecule has 0 aromatic heterocycles. The van der Waals surface area contributed by atoms with Gasteiger partial charge in [0.25, 0.3) is 0 Å². The van der Waals surface area contributed by atoms with Crippen LogP contribution in [-0.4, -0.2) is 32.1 Å². The lowest BCUT2D eigenvalue weighted by molar-refractivity contribution is -0.140. The SMILES string of the molecule is COC(=O)CCNC(=O)C1CNCc2cccc(C)c21. The van der Waals surface area contributed by atoms with E-state index in [0.29, 0.717) is 13.1 Å². The molecule has 1 aliphatic rings. The fourth-order valence-electron chi connectivity index (χ4n) is 2.58. The van der Waals surface area contributed by atoms with Crippen LogP contribution in [0.3, 0.4) is 0 Å². The van der Waals surface area contributed by atoms with Crippen molar-refractivity contribution >= 4 is 11.9 Å². The normalized spacial score (nSPS) is 17.2. The van der Waals surface area contributed by atoms with Gasteiger partial charge in [0.05, 0.1) is 19.4 Å². The molecule has 1 aromatic carbocycles. The first-order valence-corrected chi connectivity index (χ1v) is 6.77. The smallest absolute Gasteiger partial charge is 0.307 e. The zero-order valence-corrected chi connectivity index (χ0v) is 11.9. The minimum atomic E-state index is -0.316. The number of nitrogens with one attached hydrogen (secondary N) is 2. The highest BCUT2D eigenvalue weighted by Gasteiger charge is 2.27. The Hall–Kier alpha value is -1.88. The van der Waals surface area contributed by atoms with Crippen LogP contribution in [0.1, 0.15) is 29.0 Å². The molecule has 20 heavy (non-hydrogen) atoms. The maximum Gasteiger partial charge on any atom is 0.307 e. The van der Waals surface area contributed by atoms with Crippen molar-refractivity contribution in [3.63, 3.8) is 0 Å². The summed E-state index contributed by atoms with van der Waals surface area (Å²) < 4.78 is 4.55. The Bertz CT molecular complexity index is 514. The van der Waals surface area contributed by atoms with E-state index in [4.69, 9.17) is 0 Å². The molecular formula is C15H20N2O3. The molecule has 5 nitrogen and oxygen atoms in total. The molecule has 0 spiro atoms. The van der Waals surface area contributed by atoms with Crippen molar-refractivity contribution < 1.29 is 14.3 Å². The molecule has 1 atom stereocenters. The van der Waals surface area contributed by atoms with Gasteiger partial charge in [0, 0.05) is 19.6 Å². The molecule has 2 rings (SSSR count). The van der Waals surface area contributed by atoms with Gasteiger partial charge in [-0.2, -0.15) is 0 Å². The summed E-state index contributed by atoms with van der Waals surface area (Å²) >= 11 is 0. The van der Waals surface area contributed by atoms with Crippen LogP contribution < -0.4 is 10.6 Å². The second-order valence-electron chi connectivity index (χ2n) is 4.95. The number of rotatable bonds is 4. The van der Waals surface area contributed by atoms with Gasteiger partial charge in [-0.1, -0.05) is 18.2 Å². The number of amides is 1.